The van der Waals surface area contributed by atoms with E-state index in [1.807, 2.05) is 0 Å². The average Bonchev–Trinajstić information content (AvgIpc) is 2.97. The minimum absolute atomic E-state index is 0.0591. The Morgan fingerprint density at radius 1 is 1.28 bits per heavy atom. The van der Waals surface area contributed by atoms with E-state index in [4.69, 9.17) is 0 Å². The number of benzene rings is 1. The first-order chi connectivity index (χ1) is 8.25. The fraction of sp³-hybridized carbons (Fsp3) is 0.364. The zero-order chi connectivity index (χ0) is 13.6. The highest BCUT2D eigenvalue weighted by molar-refractivity contribution is 9.11. The zero-order valence-corrected chi connectivity index (χ0v) is 12.1. The smallest absolute Gasteiger partial charge is 0.338 e. The molecule has 0 bridgehead atoms. The summed E-state index contributed by atoms with van der Waals surface area (Å²) in [6.07, 6.45) is -4.52. The van der Waals surface area contributed by atoms with Crippen molar-refractivity contribution in [2.24, 2.45) is 0 Å². The minimum Gasteiger partial charge on any atom is -0.338 e. The number of alkyl halides is 3. The highest BCUT2D eigenvalue weighted by Crippen LogP contribution is 2.49. The standard InChI is InChI=1S/C11H8Br2F3NO/c12-6-1-2-7(8(13)5-6)9(18)17-10(3-4-10)11(14,15)16/h1-2,5H,3-4H2,(H,17,18). The molecule has 1 aromatic carbocycles. The van der Waals surface area contributed by atoms with E-state index >= 15 is 0 Å². The van der Waals surface area contributed by atoms with E-state index in [1.54, 1.807) is 12.1 Å². The van der Waals surface area contributed by atoms with Crippen LogP contribution in [0.1, 0.15) is 23.2 Å². The Bertz CT molecular complexity index is 498. The third-order valence-electron chi connectivity index (χ3n) is 2.82. The quantitative estimate of drug-likeness (QED) is 0.816. The second-order valence-electron chi connectivity index (χ2n) is 4.16. The van der Waals surface area contributed by atoms with Crippen LogP contribution in [0.2, 0.25) is 0 Å². The molecule has 1 aromatic rings. The van der Waals surface area contributed by atoms with E-state index in [1.165, 1.54) is 6.07 Å². The van der Waals surface area contributed by atoms with Crippen LogP contribution in [0.15, 0.2) is 27.1 Å². The molecule has 98 valence electrons. The van der Waals surface area contributed by atoms with Gasteiger partial charge in [-0.25, -0.2) is 0 Å². The second-order valence-corrected chi connectivity index (χ2v) is 5.93. The molecular weight excluding hydrogens is 379 g/mol. The number of nitrogens with one attached hydrogen (secondary N) is 1. The van der Waals surface area contributed by atoms with Gasteiger partial charge in [0.25, 0.3) is 5.91 Å². The van der Waals surface area contributed by atoms with Crippen molar-refractivity contribution in [3.05, 3.63) is 32.7 Å². The van der Waals surface area contributed by atoms with Crippen LogP contribution in [0.5, 0.6) is 0 Å². The van der Waals surface area contributed by atoms with Crippen LogP contribution in [0.25, 0.3) is 0 Å². The van der Waals surface area contributed by atoms with Crippen LogP contribution in [-0.2, 0) is 0 Å². The van der Waals surface area contributed by atoms with Gasteiger partial charge in [0.15, 0.2) is 0 Å². The van der Waals surface area contributed by atoms with Crippen molar-refractivity contribution in [1.82, 2.24) is 5.32 Å². The van der Waals surface area contributed by atoms with Gasteiger partial charge in [-0.3, -0.25) is 4.79 Å². The highest BCUT2D eigenvalue weighted by atomic mass is 79.9. The number of halogens is 5. The Hall–Kier alpha value is -0.560. The summed E-state index contributed by atoms with van der Waals surface area (Å²) in [5.74, 6) is -0.718. The number of hydrogen-bond donors (Lipinski definition) is 1. The molecule has 2 nitrogen and oxygen atoms in total. The van der Waals surface area contributed by atoms with Gasteiger partial charge in [0, 0.05) is 8.95 Å². The summed E-state index contributed by atoms with van der Waals surface area (Å²) < 4.78 is 39.3. The number of carbonyl (C=O) groups is 1. The van der Waals surface area contributed by atoms with Gasteiger partial charge in [-0.2, -0.15) is 13.2 Å². The summed E-state index contributed by atoms with van der Waals surface area (Å²) in [5.41, 5.74) is -1.84. The van der Waals surface area contributed by atoms with Gasteiger partial charge in [0.05, 0.1) is 5.56 Å². The molecule has 0 heterocycles. The maximum Gasteiger partial charge on any atom is 0.411 e. The molecule has 1 aliphatic rings. The molecule has 0 aliphatic heterocycles. The van der Waals surface area contributed by atoms with Gasteiger partial charge < -0.3 is 5.32 Å². The summed E-state index contributed by atoms with van der Waals surface area (Å²) in [6.45, 7) is 0. The molecule has 0 atom stereocenters. The molecule has 2 rings (SSSR count). The lowest BCUT2D eigenvalue weighted by Crippen LogP contribution is -2.47. The van der Waals surface area contributed by atoms with Crippen LogP contribution in [-0.4, -0.2) is 17.6 Å². The fourth-order valence-electron chi connectivity index (χ4n) is 1.56. The van der Waals surface area contributed by atoms with Crippen molar-refractivity contribution in [2.45, 2.75) is 24.6 Å². The molecule has 0 saturated heterocycles. The zero-order valence-electron chi connectivity index (χ0n) is 8.94. The molecule has 1 saturated carbocycles. The first-order valence-electron chi connectivity index (χ1n) is 5.09. The Labute approximate surface area is 118 Å². The normalized spacial score (nSPS) is 17.4. The summed E-state index contributed by atoms with van der Waals surface area (Å²) in [6, 6.07) is 4.69. The Morgan fingerprint density at radius 2 is 1.89 bits per heavy atom. The first kappa shape index (κ1) is 13.9. The molecule has 0 spiro atoms. The molecule has 0 unspecified atom stereocenters. The maximum absolute atomic E-state index is 12.7. The Kier molecular flexibility index (Phi) is 3.48. The lowest BCUT2D eigenvalue weighted by Gasteiger charge is -2.21. The Morgan fingerprint density at radius 3 is 2.33 bits per heavy atom. The predicted molar refractivity (Wildman–Crippen MR) is 67.3 cm³/mol. The first-order valence-corrected chi connectivity index (χ1v) is 6.68. The van der Waals surface area contributed by atoms with Crippen LogP contribution in [0, 0.1) is 0 Å². The lowest BCUT2D eigenvalue weighted by molar-refractivity contribution is -0.163. The number of rotatable bonds is 2. The molecule has 7 heteroatoms. The highest BCUT2D eigenvalue weighted by Gasteiger charge is 2.64. The number of carbonyl (C=O) groups excluding carboxylic acids is 1. The molecule has 1 fully saturated rings. The van der Waals surface area contributed by atoms with Crippen LogP contribution in [0.3, 0.4) is 0 Å². The van der Waals surface area contributed by atoms with E-state index in [9.17, 15) is 18.0 Å². The minimum atomic E-state index is -4.40. The fourth-order valence-corrected chi connectivity index (χ4v) is 2.79. The predicted octanol–water partition coefficient (Wildman–Crippen LogP) is 4.04. The van der Waals surface area contributed by atoms with Gasteiger partial charge in [0.2, 0.25) is 0 Å². The van der Waals surface area contributed by atoms with E-state index < -0.39 is 17.6 Å². The van der Waals surface area contributed by atoms with Crippen LogP contribution >= 0.6 is 31.9 Å². The monoisotopic (exact) mass is 385 g/mol. The average molecular weight is 387 g/mol. The second kappa shape index (κ2) is 4.52. The SMILES string of the molecule is O=C(NC1(C(F)(F)F)CC1)c1ccc(Br)cc1Br. The van der Waals surface area contributed by atoms with Crippen molar-refractivity contribution in [1.29, 1.82) is 0 Å². The lowest BCUT2D eigenvalue weighted by atomic mass is 10.2. The van der Waals surface area contributed by atoms with E-state index in [2.05, 4.69) is 37.2 Å². The molecule has 0 radical (unpaired) electrons. The van der Waals surface area contributed by atoms with Crippen molar-refractivity contribution < 1.29 is 18.0 Å². The summed E-state index contributed by atoms with van der Waals surface area (Å²) in [5, 5.41) is 2.07. The molecule has 1 amide bonds. The third kappa shape index (κ3) is 2.56. The van der Waals surface area contributed by atoms with Crippen molar-refractivity contribution in [2.75, 3.05) is 0 Å². The van der Waals surface area contributed by atoms with Crippen LogP contribution < -0.4 is 5.32 Å². The third-order valence-corrected chi connectivity index (χ3v) is 3.97. The van der Waals surface area contributed by atoms with Crippen LogP contribution in [0.4, 0.5) is 13.2 Å². The van der Waals surface area contributed by atoms with Gasteiger partial charge >= 0.3 is 6.18 Å². The largest absolute Gasteiger partial charge is 0.411 e. The maximum atomic E-state index is 12.7. The number of amides is 1. The molecule has 1 aliphatic carbocycles. The van der Waals surface area contributed by atoms with Crippen molar-refractivity contribution >= 4 is 37.8 Å². The van der Waals surface area contributed by atoms with E-state index in [-0.39, 0.29) is 18.4 Å². The van der Waals surface area contributed by atoms with Gasteiger partial charge in [0.1, 0.15) is 5.54 Å². The molecule has 0 aromatic heterocycles. The molecular formula is C11H8Br2F3NO. The Balaban J connectivity index is 2.19. The van der Waals surface area contributed by atoms with Gasteiger partial charge in [-0.1, -0.05) is 15.9 Å². The van der Waals surface area contributed by atoms with E-state index in [0.717, 1.165) is 4.47 Å². The van der Waals surface area contributed by atoms with Crippen molar-refractivity contribution in [3.63, 3.8) is 0 Å². The summed E-state index contributed by atoms with van der Waals surface area (Å²) >= 11 is 6.36. The van der Waals surface area contributed by atoms with Crippen molar-refractivity contribution in [3.8, 4) is 0 Å². The van der Waals surface area contributed by atoms with Gasteiger partial charge in [-0.15, -0.1) is 0 Å². The number of hydrogen-bond acceptors (Lipinski definition) is 1. The molecule has 1 N–H and O–H groups in total. The molecule has 18 heavy (non-hydrogen) atoms. The topological polar surface area (TPSA) is 29.1 Å². The van der Waals surface area contributed by atoms with E-state index in [0.29, 0.717) is 4.47 Å². The summed E-state index contributed by atoms with van der Waals surface area (Å²) in [7, 11) is 0. The van der Waals surface area contributed by atoms with Gasteiger partial charge in [-0.05, 0) is 47.0 Å². The summed E-state index contributed by atoms with van der Waals surface area (Å²) in [4.78, 5) is 11.8.